The zero-order valence-electron chi connectivity index (χ0n) is 9.71. The van der Waals surface area contributed by atoms with E-state index in [1.807, 2.05) is 25.1 Å². The normalized spacial score (nSPS) is 10.4. The summed E-state index contributed by atoms with van der Waals surface area (Å²) < 4.78 is 16.6. The lowest BCUT2D eigenvalue weighted by molar-refractivity contribution is 0.633. The summed E-state index contributed by atoms with van der Waals surface area (Å²) in [5.41, 5.74) is 1.67. The Morgan fingerprint density at radius 2 is 2.00 bits per heavy atom. The van der Waals surface area contributed by atoms with E-state index in [0.717, 1.165) is 10.5 Å². The molecule has 0 amide bonds. The molecular weight excluding hydrogens is 267 g/mol. The Labute approximate surface area is 116 Å². The molecule has 0 unspecified atom stereocenters. The summed E-state index contributed by atoms with van der Waals surface area (Å²) in [6.45, 7) is 1.83. The van der Waals surface area contributed by atoms with Crippen LogP contribution in [0.25, 0.3) is 0 Å². The van der Waals surface area contributed by atoms with Crippen LogP contribution in [0.1, 0.15) is 5.56 Å². The van der Waals surface area contributed by atoms with Gasteiger partial charge in [-0.25, -0.2) is 4.39 Å². The summed E-state index contributed by atoms with van der Waals surface area (Å²) in [5, 5.41) is 0.627. The van der Waals surface area contributed by atoms with Crippen LogP contribution < -0.4 is 10.2 Å². The lowest BCUT2D eigenvalue weighted by Gasteiger charge is -2.10. The lowest BCUT2D eigenvalue weighted by atomic mass is 9.91. The molecule has 2 rings (SSSR count). The summed E-state index contributed by atoms with van der Waals surface area (Å²) in [4.78, 5) is 0.841. The molecule has 0 bridgehead atoms. The van der Waals surface area contributed by atoms with Crippen LogP contribution >= 0.6 is 23.5 Å². The molecule has 2 radical (unpaired) electrons. The molecule has 0 aliphatic heterocycles. The number of halogens is 2. The van der Waals surface area contributed by atoms with Crippen molar-refractivity contribution < 1.29 is 4.39 Å². The van der Waals surface area contributed by atoms with E-state index in [9.17, 15) is 4.39 Å². The standard InChI is InChI=1S/C13H10BClFNS/c1-8-6-12(11(16)7-9(8)14)17-18-13-5-3-2-4-10(13)15/h2-7,17H,1H3. The minimum Gasteiger partial charge on any atom is -0.323 e. The molecule has 0 saturated carbocycles. The molecular formula is C13H10BClFNS. The van der Waals surface area contributed by atoms with Gasteiger partial charge in [-0.3, -0.25) is 0 Å². The van der Waals surface area contributed by atoms with Gasteiger partial charge in [0.15, 0.2) is 0 Å². The molecule has 0 aliphatic rings. The molecule has 2 aromatic carbocycles. The van der Waals surface area contributed by atoms with Gasteiger partial charge in [0.1, 0.15) is 13.7 Å². The predicted octanol–water partition coefficient (Wildman–Crippen LogP) is 3.70. The van der Waals surface area contributed by atoms with Crippen LogP contribution in [-0.4, -0.2) is 7.85 Å². The van der Waals surface area contributed by atoms with Crippen LogP contribution in [0, 0.1) is 12.7 Å². The summed E-state index contributed by atoms with van der Waals surface area (Å²) in [5.74, 6) is -0.377. The van der Waals surface area contributed by atoms with Gasteiger partial charge in [0.25, 0.3) is 0 Å². The van der Waals surface area contributed by atoms with Crippen molar-refractivity contribution in [1.29, 1.82) is 0 Å². The van der Waals surface area contributed by atoms with Crippen molar-refractivity contribution in [3.05, 3.63) is 52.8 Å². The quantitative estimate of drug-likeness (QED) is 0.678. The van der Waals surface area contributed by atoms with Crippen LogP contribution in [0.2, 0.25) is 5.02 Å². The first-order valence-electron chi connectivity index (χ1n) is 5.31. The van der Waals surface area contributed by atoms with Gasteiger partial charge in [-0.05, 0) is 43.1 Å². The molecule has 90 valence electrons. The third-order valence-corrected chi connectivity index (χ3v) is 3.80. The Hall–Kier alpha value is -1.13. The molecule has 2 aromatic rings. The highest BCUT2D eigenvalue weighted by Crippen LogP contribution is 2.28. The maximum atomic E-state index is 13.6. The number of hydrogen-bond donors (Lipinski definition) is 1. The average Bonchev–Trinajstić information content (AvgIpc) is 2.34. The van der Waals surface area contributed by atoms with E-state index >= 15 is 0 Å². The molecule has 5 heteroatoms. The zero-order chi connectivity index (χ0) is 13.1. The number of rotatable bonds is 3. The monoisotopic (exact) mass is 277 g/mol. The third kappa shape index (κ3) is 3.00. The fraction of sp³-hybridized carbons (Fsp3) is 0.0769. The topological polar surface area (TPSA) is 12.0 Å². The minimum atomic E-state index is -0.377. The summed E-state index contributed by atoms with van der Waals surface area (Å²) in [6.07, 6.45) is 0. The highest BCUT2D eigenvalue weighted by Gasteiger charge is 2.06. The number of anilines is 1. The van der Waals surface area contributed by atoms with E-state index < -0.39 is 0 Å². The molecule has 0 heterocycles. The maximum absolute atomic E-state index is 13.6. The van der Waals surface area contributed by atoms with E-state index in [-0.39, 0.29) is 5.82 Å². The molecule has 0 spiro atoms. The first kappa shape index (κ1) is 13.3. The Kier molecular flexibility index (Phi) is 4.20. The predicted molar refractivity (Wildman–Crippen MR) is 77.5 cm³/mol. The van der Waals surface area contributed by atoms with Gasteiger partial charge < -0.3 is 4.72 Å². The van der Waals surface area contributed by atoms with Crippen molar-refractivity contribution in [3.63, 3.8) is 0 Å². The van der Waals surface area contributed by atoms with Gasteiger partial charge in [-0.1, -0.05) is 34.8 Å². The van der Waals surface area contributed by atoms with Gasteiger partial charge in [0, 0.05) is 4.90 Å². The van der Waals surface area contributed by atoms with E-state index in [2.05, 4.69) is 4.72 Å². The first-order chi connectivity index (χ1) is 8.58. The van der Waals surface area contributed by atoms with Gasteiger partial charge >= 0.3 is 0 Å². The highest BCUT2D eigenvalue weighted by molar-refractivity contribution is 8.00. The fourth-order valence-electron chi connectivity index (χ4n) is 1.41. The Morgan fingerprint density at radius 1 is 1.28 bits per heavy atom. The van der Waals surface area contributed by atoms with E-state index in [0.29, 0.717) is 16.2 Å². The van der Waals surface area contributed by atoms with Crippen molar-refractivity contribution in [2.75, 3.05) is 4.72 Å². The van der Waals surface area contributed by atoms with Crippen LogP contribution in [0.5, 0.6) is 0 Å². The van der Waals surface area contributed by atoms with Gasteiger partial charge in [-0.15, -0.1) is 0 Å². The van der Waals surface area contributed by atoms with Crippen molar-refractivity contribution in [1.82, 2.24) is 0 Å². The lowest BCUT2D eigenvalue weighted by Crippen LogP contribution is -2.09. The first-order valence-corrected chi connectivity index (χ1v) is 6.50. The summed E-state index contributed by atoms with van der Waals surface area (Å²) >= 11 is 7.28. The molecule has 0 saturated heterocycles. The summed E-state index contributed by atoms with van der Waals surface area (Å²) in [6, 6.07) is 10.4. The second kappa shape index (κ2) is 5.68. The van der Waals surface area contributed by atoms with Crippen molar-refractivity contribution in [2.45, 2.75) is 11.8 Å². The summed E-state index contributed by atoms with van der Waals surface area (Å²) in [7, 11) is 5.63. The van der Waals surface area contributed by atoms with Gasteiger partial charge in [0.05, 0.1) is 10.7 Å². The van der Waals surface area contributed by atoms with Crippen molar-refractivity contribution in [2.24, 2.45) is 0 Å². The molecule has 1 nitrogen and oxygen atoms in total. The molecule has 0 aliphatic carbocycles. The molecule has 0 atom stereocenters. The van der Waals surface area contributed by atoms with Crippen molar-refractivity contribution in [3.8, 4) is 0 Å². The SMILES string of the molecule is [B]c1cc(F)c(NSc2ccccc2Cl)cc1C. The number of benzene rings is 2. The third-order valence-electron chi connectivity index (χ3n) is 2.46. The Bertz CT molecular complexity index is 577. The van der Waals surface area contributed by atoms with Crippen LogP contribution in [-0.2, 0) is 0 Å². The number of hydrogen-bond acceptors (Lipinski definition) is 2. The van der Waals surface area contributed by atoms with Crippen molar-refractivity contribution >= 4 is 42.5 Å². The molecule has 18 heavy (non-hydrogen) atoms. The number of aryl methyl sites for hydroxylation is 1. The molecule has 0 fully saturated rings. The molecule has 1 N–H and O–H groups in total. The van der Waals surface area contributed by atoms with Crippen LogP contribution in [0.4, 0.5) is 10.1 Å². The van der Waals surface area contributed by atoms with E-state index in [1.165, 1.54) is 18.0 Å². The smallest absolute Gasteiger partial charge is 0.146 e. The Morgan fingerprint density at radius 3 is 2.72 bits per heavy atom. The van der Waals surface area contributed by atoms with Gasteiger partial charge in [0.2, 0.25) is 0 Å². The largest absolute Gasteiger partial charge is 0.323 e. The van der Waals surface area contributed by atoms with Gasteiger partial charge in [-0.2, -0.15) is 0 Å². The zero-order valence-corrected chi connectivity index (χ0v) is 11.3. The van der Waals surface area contributed by atoms with E-state index in [4.69, 9.17) is 19.4 Å². The number of nitrogens with one attached hydrogen (secondary N) is 1. The van der Waals surface area contributed by atoms with E-state index in [1.54, 1.807) is 12.1 Å². The van der Waals surface area contributed by atoms with Crippen LogP contribution in [0.3, 0.4) is 0 Å². The average molecular weight is 278 g/mol. The second-order valence-electron chi connectivity index (χ2n) is 3.82. The van der Waals surface area contributed by atoms with Crippen LogP contribution in [0.15, 0.2) is 41.3 Å². The second-order valence-corrected chi connectivity index (χ2v) is 5.08. The fourth-order valence-corrected chi connectivity index (χ4v) is 2.35. The Balaban J connectivity index is 2.16. The maximum Gasteiger partial charge on any atom is 0.146 e. The highest BCUT2D eigenvalue weighted by atomic mass is 35.5. The minimum absolute atomic E-state index is 0.377. The molecule has 0 aromatic heterocycles.